The van der Waals surface area contributed by atoms with Gasteiger partial charge in [0.25, 0.3) is 11.1 Å². The van der Waals surface area contributed by atoms with Crippen molar-refractivity contribution in [2.75, 3.05) is 0 Å². The average molecular weight is 322 g/mol. The molecule has 0 amide bonds. The Kier molecular flexibility index (Phi) is 4.56. The standard InChI is InChI=1S/C18H18N4O2/c1-2-6-13-14(20-11-19-13)10-16-18(24)21-15(17(23)22-16)9-12-7-4-3-5-8-12/h3-5,7-11H,2,6H2,1H3,(H,19,20)(H,21,24)(H,22,23)/b15-9-,16-10-. The van der Waals surface area contributed by atoms with E-state index in [2.05, 4.69) is 26.9 Å². The van der Waals surface area contributed by atoms with E-state index >= 15 is 0 Å². The van der Waals surface area contributed by atoms with Gasteiger partial charge in [0.05, 0.1) is 12.0 Å². The summed E-state index contributed by atoms with van der Waals surface area (Å²) in [4.78, 5) is 37.0. The zero-order valence-corrected chi connectivity index (χ0v) is 13.3. The van der Waals surface area contributed by atoms with Crippen LogP contribution in [-0.4, -0.2) is 19.9 Å². The van der Waals surface area contributed by atoms with Gasteiger partial charge in [0, 0.05) is 5.69 Å². The van der Waals surface area contributed by atoms with Crippen LogP contribution in [0.15, 0.2) is 46.2 Å². The van der Waals surface area contributed by atoms with Gasteiger partial charge < -0.3 is 15.0 Å². The highest BCUT2D eigenvalue weighted by Crippen LogP contribution is 2.05. The Bertz CT molecular complexity index is 1060. The van der Waals surface area contributed by atoms with Crippen LogP contribution in [0, 0.1) is 0 Å². The molecular weight excluding hydrogens is 304 g/mol. The highest BCUT2D eigenvalue weighted by molar-refractivity contribution is 5.48. The first-order valence-electron chi connectivity index (χ1n) is 7.80. The third-order valence-electron chi connectivity index (χ3n) is 3.63. The molecule has 0 radical (unpaired) electrons. The van der Waals surface area contributed by atoms with Gasteiger partial charge in [-0.1, -0.05) is 43.7 Å². The van der Waals surface area contributed by atoms with Gasteiger partial charge in [-0.15, -0.1) is 0 Å². The summed E-state index contributed by atoms with van der Waals surface area (Å²) in [7, 11) is 0. The Morgan fingerprint density at radius 1 is 1.00 bits per heavy atom. The lowest BCUT2D eigenvalue weighted by molar-refractivity contribution is 0.889. The summed E-state index contributed by atoms with van der Waals surface area (Å²) in [6, 6.07) is 9.34. The van der Waals surface area contributed by atoms with Gasteiger partial charge in [-0.25, -0.2) is 4.98 Å². The SMILES string of the molecule is CCCc1[nH]cnc1/C=c1\[nH]c(=O)/c(=C/c2ccccc2)[nH]c1=O. The summed E-state index contributed by atoms with van der Waals surface area (Å²) in [5.41, 5.74) is 1.74. The van der Waals surface area contributed by atoms with Crippen LogP contribution < -0.4 is 21.8 Å². The second-order valence-electron chi connectivity index (χ2n) is 5.45. The first-order chi connectivity index (χ1) is 11.7. The summed E-state index contributed by atoms with van der Waals surface area (Å²) in [6.45, 7) is 2.06. The molecule has 122 valence electrons. The minimum atomic E-state index is -0.359. The molecule has 3 aromatic rings. The number of rotatable bonds is 4. The van der Waals surface area contributed by atoms with Crippen molar-refractivity contribution in [1.29, 1.82) is 0 Å². The topological polar surface area (TPSA) is 94.4 Å². The van der Waals surface area contributed by atoms with E-state index in [1.54, 1.807) is 18.5 Å². The molecular formula is C18H18N4O2. The minimum absolute atomic E-state index is 0.190. The maximum Gasteiger partial charge on any atom is 0.272 e. The monoisotopic (exact) mass is 322 g/mol. The van der Waals surface area contributed by atoms with E-state index in [0.29, 0.717) is 5.69 Å². The van der Waals surface area contributed by atoms with Crippen molar-refractivity contribution in [3.05, 3.63) is 85.0 Å². The van der Waals surface area contributed by atoms with Gasteiger partial charge in [0.1, 0.15) is 10.7 Å². The number of hydrogen-bond acceptors (Lipinski definition) is 3. The first kappa shape index (κ1) is 15.7. The maximum atomic E-state index is 12.3. The summed E-state index contributed by atoms with van der Waals surface area (Å²) >= 11 is 0. The van der Waals surface area contributed by atoms with Crippen LogP contribution in [0.2, 0.25) is 0 Å². The van der Waals surface area contributed by atoms with Crippen LogP contribution in [0.3, 0.4) is 0 Å². The molecule has 6 heteroatoms. The Morgan fingerprint density at radius 3 is 2.33 bits per heavy atom. The first-order valence-corrected chi connectivity index (χ1v) is 7.80. The second kappa shape index (κ2) is 6.95. The lowest BCUT2D eigenvalue weighted by Crippen LogP contribution is -2.46. The Labute approximate surface area is 137 Å². The fraction of sp³-hybridized carbons (Fsp3) is 0.167. The number of nitrogens with one attached hydrogen (secondary N) is 3. The van der Waals surface area contributed by atoms with Gasteiger partial charge in [-0.2, -0.15) is 0 Å². The van der Waals surface area contributed by atoms with Crippen LogP contribution in [0.4, 0.5) is 0 Å². The van der Waals surface area contributed by atoms with Crippen LogP contribution in [0.25, 0.3) is 12.2 Å². The van der Waals surface area contributed by atoms with E-state index in [1.807, 2.05) is 30.3 Å². The minimum Gasteiger partial charge on any atom is -0.348 e. The average Bonchev–Trinajstić information content (AvgIpc) is 3.01. The number of aryl methyl sites for hydroxylation is 1. The second-order valence-corrected chi connectivity index (χ2v) is 5.45. The van der Waals surface area contributed by atoms with Crippen LogP contribution in [-0.2, 0) is 6.42 Å². The fourth-order valence-electron chi connectivity index (χ4n) is 2.45. The number of nitrogens with zero attached hydrogens (tertiary/aromatic N) is 1. The quantitative estimate of drug-likeness (QED) is 0.649. The molecule has 0 saturated heterocycles. The maximum absolute atomic E-state index is 12.3. The van der Waals surface area contributed by atoms with E-state index in [1.165, 1.54) is 0 Å². The molecule has 0 bridgehead atoms. The van der Waals surface area contributed by atoms with Gasteiger partial charge >= 0.3 is 0 Å². The molecule has 1 aromatic carbocycles. The van der Waals surface area contributed by atoms with E-state index in [0.717, 1.165) is 24.1 Å². The third-order valence-corrected chi connectivity index (χ3v) is 3.63. The van der Waals surface area contributed by atoms with Crippen LogP contribution in [0.1, 0.15) is 30.3 Å². The molecule has 0 spiro atoms. The molecule has 0 aliphatic heterocycles. The van der Waals surface area contributed by atoms with Crippen molar-refractivity contribution < 1.29 is 0 Å². The number of aromatic nitrogens is 4. The van der Waals surface area contributed by atoms with Crippen LogP contribution in [0.5, 0.6) is 0 Å². The lowest BCUT2D eigenvalue weighted by Gasteiger charge is -1.95. The summed E-state index contributed by atoms with van der Waals surface area (Å²) in [5.74, 6) is 0. The molecule has 24 heavy (non-hydrogen) atoms. The van der Waals surface area contributed by atoms with E-state index < -0.39 is 0 Å². The molecule has 0 saturated carbocycles. The van der Waals surface area contributed by atoms with Crippen molar-refractivity contribution in [2.24, 2.45) is 0 Å². The molecule has 0 fully saturated rings. The number of imidazole rings is 1. The molecule has 2 heterocycles. The van der Waals surface area contributed by atoms with E-state index in [-0.39, 0.29) is 21.8 Å². The van der Waals surface area contributed by atoms with Crippen molar-refractivity contribution in [2.45, 2.75) is 19.8 Å². The number of benzene rings is 1. The molecule has 0 unspecified atom stereocenters. The van der Waals surface area contributed by atoms with Crippen molar-refractivity contribution >= 4 is 12.2 Å². The normalized spacial score (nSPS) is 12.7. The van der Waals surface area contributed by atoms with Gasteiger partial charge in [-0.3, -0.25) is 9.59 Å². The number of aromatic amines is 3. The van der Waals surface area contributed by atoms with Crippen molar-refractivity contribution in [3.63, 3.8) is 0 Å². The Morgan fingerprint density at radius 2 is 1.67 bits per heavy atom. The third kappa shape index (κ3) is 3.43. The molecule has 0 aliphatic rings. The zero-order valence-electron chi connectivity index (χ0n) is 13.3. The molecule has 2 aromatic heterocycles. The Balaban J connectivity index is 2.10. The highest BCUT2D eigenvalue weighted by atomic mass is 16.1. The number of hydrogen-bond donors (Lipinski definition) is 3. The predicted molar refractivity (Wildman–Crippen MR) is 93.1 cm³/mol. The predicted octanol–water partition coefficient (Wildman–Crippen LogP) is 0.396. The van der Waals surface area contributed by atoms with Crippen molar-refractivity contribution in [1.82, 2.24) is 19.9 Å². The Hall–Kier alpha value is -3.15. The summed E-state index contributed by atoms with van der Waals surface area (Å²) < 4.78 is 0. The molecule has 0 atom stereocenters. The summed E-state index contributed by atoms with van der Waals surface area (Å²) in [5, 5.41) is 0.411. The summed E-state index contributed by atoms with van der Waals surface area (Å²) in [6.07, 6.45) is 6.60. The molecule has 3 rings (SSSR count). The van der Waals surface area contributed by atoms with E-state index in [4.69, 9.17) is 0 Å². The van der Waals surface area contributed by atoms with E-state index in [9.17, 15) is 9.59 Å². The molecule has 3 N–H and O–H groups in total. The molecule has 6 nitrogen and oxygen atoms in total. The highest BCUT2D eigenvalue weighted by Gasteiger charge is 2.03. The van der Waals surface area contributed by atoms with Gasteiger partial charge in [0.2, 0.25) is 0 Å². The van der Waals surface area contributed by atoms with Crippen molar-refractivity contribution in [3.8, 4) is 0 Å². The number of H-pyrrole nitrogens is 3. The lowest BCUT2D eigenvalue weighted by atomic mass is 10.2. The van der Waals surface area contributed by atoms with Crippen LogP contribution >= 0.6 is 0 Å². The fourth-order valence-corrected chi connectivity index (χ4v) is 2.45. The largest absolute Gasteiger partial charge is 0.348 e. The smallest absolute Gasteiger partial charge is 0.272 e. The molecule has 0 aliphatic carbocycles. The van der Waals surface area contributed by atoms with Gasteiger partial charge in [-0.05, 0) is 24.1 Å². The zero-order chi connectivity index (χ0) is 16.9. The van der Waals surface area contributed by atoms with Gasteiger partial charge in [0.15, 0.2) is 0 Å².